The number of nitrogens with zero attached hydrogens (tertiary/aromatic N) is 2. The van der Waals surface area contributed by atoms with Crippen molar-refractivity contribution in [2.45, 2.75) is 32.5 Å². The molecule has 36 heavy (non-hydrogen) atoms. The molecule has 0 aliphatic carbocycles. The van der Waals surface area contributed by atoms with Crippen LogP contribution in [0, 0.1) is 0 Å². The van der Waals surface area contributed by atoms with Gasteiger partial charge in [0.25, 0.3) is 11.9 Å². The summed E-state index contributed by atoms with van der Waals surface area (Å²) in [4.78, 5) is 30.2. The summed E-state index contributed by atoms with van der Waals surface area (Å²) in [7, 11) is 1.37. The van der Waals surface area contributed by atoms with Crippen LogP contribution in [0.3, 0.4) is 0 Å². The van der Waals surface area contributed by atoms with Gasteiger partial charge in [-0.2, -0.15) is 18.2 Å². The molecule has 0 aliphatic heterocycles. The highest BCUT2D eigenvalue weighted by atomic mass is 35.5. The Morgan fingerprint density at radius 3 is 2.64 bits per heavy atom. The standard InChI is InChI=1S/C24H25ClF3N3O5/c1-3-35-20(32)7-9-31(10-8-24(26,27)28)22(33)16-12-18-21(19(13-16)34-2)36-23(30-18)29-14-15-5-4-6-17(25)11-15/h4-6,11-13H,3,7-10,14H2,1-2H3,(H,29,30). The number of alkyl halides is 3. The van der Waals surface area contributed by atoms with Gasteiger partial charge in [-0.1, -0.05) is 23.7 Å². The van der Waals surface area contributed by atoms with Crippen LogP contribution in [0.5, 0.6) is 5.75 Å². The Labute approximate surface area is 210 Å². The fourth-order valence-electron chi connectivity index (χ4n) is 3.40. The van der Waals surface area contributed by atoms with E-state index in [1.807, 2.05) is 6.07 Å². The lowest BCUT2D eigenvalue weighted by atomic mass is 10.1. The molecule has 1 aromatic heterocycles. The van der Waals surface area contributed by atoms with Crippen LogP contribution in [0.2, 0.25) is 5.02 Å². The first-order valence-corrected chi connectivity index (χ1v) is 11.5. The maximum absolute atomic E-state index is 13.2. The quantitative estimate of drug-likeness (QED) is 0.331. The summed E-state index contributed by atoms with van der Waals surface area (Å²) in [6.07, 6.45) is -5.93. The van der Waals surface area contributed by atoms with E-state index in [0.717, 1.165) is 10.5 Å². The number of aromatic nitrogens is 1. The van der Waals surface area contributed by atoms with Crippen molar-refractivity contribution < 1.29 is 36.7 Å². The van der Waals surface area contributed by atoms with E-state index in [4.69, 9.17) is 25.5 Å². The average Bonchev–Trinajstić information content (AvgIpc) is 3.24. The molecule has 1 N–H and O–H groups in total. The first-order chi connectivity index (χ1) is 17.1. The fraction of sp³-hybridized carbons (Fsp3) is 0.375. The molecule has 0 radical (unpaired) electrons. The summed E-state index contributed by atoms with van der Waals surface area (Å²) >= 11 is 6.00. The largest absolute Gasteiger partial charge is 0.493 e. The van der Waals surface area contributed by atoms with Gasteiger partial charge in [0.2, 0.25) is 0 Å². The van der Waals surface area contributed by atoms with Crippen LogP contribution in [0.4, 0.5) is 19.2 Å². The first-order valence-electron chi connectivity index (χ1n) is 11.1. The number of halogens is 4. The molecule has 0 spiro atoms. The number of carbonyl (C=O) groups excluding carboxylic acids is 2. The molecule has 0 saturated heterocycles. The maximum atomic E-state index is 13.2. The second-order valence-corrected chi connectivity index (χ2v) is 8.18. The molecule has 1 amide bonds. The molecule has 0 atom stereocenters. The lowest BCUT2D eigenvalue weighted by Crippen LogP contribution is -2.36. The Bertz CT molecular complexity index is 1220. The third-order valence-corrected chi connectivity index (χ3v) is 5.33. The monoisotopic (exact) mass is 527 g/mol. The van der Waals surface area contributed by atoms with Crippen LogP contribution in [0.15, 0.2) is 40.8 Å². The van der Waals surface area contributed by atoms with Crippen molar-refractivity contribution in [3.05, 3.63) is 52.5 Å². The highest BCUT2D eigenvalue weighted by Crippen LogP contribution is 2.31. The summed E-state index contributed by atoms with van der Waals surface area (Å²) in [5.74, 6) is -1.14. The average molecular weight is 528 g/mol. The van der Waals surface area contributed by atoms with Crippen LogP contribution >= 0.6 is 11.6 Å². The summed E-state index contributed by atoms with van der Waals surface area (Å²) in [5.41, 5.74) is 1.46. The molecular formula is C24H25ClF3N3O5. The number of amides is 1. The number of methoxy groups -OCH3 is 1. The first kappa shape index (κ1) is 27.1. The highest BCUT2D eigenvalue weighted by molar-refractivity contribution is 6.30. The van der Waals surface area contributed by atoms with Gasteiger partial charge in [0.15, 0.2) is 11.3 Å². The van der Waals surface area contributed by atoms with E-state index in [9.17, 15) is 22.8 Å². The zero-order valence-corrected chi connectivity index (χ0v) is 20.4. The minimum absolute atomic E-state index is 0.0417. The smallest absolute Gasteiger partial charge is 0.390 e. The second-order valence-electron chi connectivity index (χ2n) is 7.74. The van der Waals surface area contributed by atoms with Crippen molar-refractivity contribution in [3.63, 3.8) is 0 Å². The van der Waals surface area contributed by atoms with Gasteiger partial charge >= 0.3 is 12.1 Å². The summed E-state index contributed by atoms with van der Waals surface area (Å²) in [6.45, 7) is 1.25. The number of ether oxygens (including phenoxy) is 2. The van der Waals surface area contributed by atoms with Crippen LogP contribution in [-0.2, 0) is 16.1 Å². The van der Waals surface area contributed by atoms with Crippen molar-refractivity contribution in [2.75, 3.05) is 32.1 Å². The predicted molar refractivity (Wildman–Crippen MR) is 127 cm³/mol. The Balaban J connectivity index is 1.83. The molecule has 1 heterocycles. The van der Waals surface area contributed by atoms with E-state index in [0.29, 0.717) is 11.6 Å². The molecule has 0 bridgehead atoms. The highest BCUT2D eigenvalue weighted by Gasteiger charge is 2.30. The molecule has 3 aromatic rings. The summed E-state index contributed by atoms with van der Waals surface area (Å²) < 4.78 is 54.5. The van der Waals surface area contributed by atoms with Crippen LogP contribution in [0.1, 0.15) is 35.7 Å². The second kappa shape index (κ2) is 12.0. The number of esters is 1. The van der Waals surface area contributed by atoms with Gasteiger partial charge in [-0.25, -0.2) is 0 Å². The Hall–Kier alpha value is -3.47. The number of hydrogen-bond acceptors (Lipinski definition) is 7. The van der Waals surface area contributed by atoms with E-state index in [-0.39, 0.29) is 48.0 Å². The molecule has 194 valence electrons. The third kappa shape index (κ3) is 7.51. The molecule has 0 unspecified atom stereocenters. The van der Waals surface area contributed by atoms with Crippen molar-refractivity contribution in [1.29, 1.82) is 0 Å². The van der Waals surface area contributed by atoms with Gasteiger partial charge in [0.05, 0.1) is 26.6 Å². The van der Waals surface area contributed by atoms with Crippen LogP contribution in [0.25, 0.3) is 11.1 Å². The molecule has 0 aliphatic rings. The summed E-state index contributed by atoms with van der Waals surface area (Å²) in [6, 6.07) is 10.1. The van der Waals surface area contributed by atoms with Gasteiger partial charge in [-0.15, -0.1) is 0 Å². The van der Waals surface area contributed by atoms with Gasteiger partial charge in [0, 0.05) is 30.2 Å². The van der Waals surface area contributed by atoms with E-state index in [1.54, 1.807) is 25.1 Å². The van der Waals surface area contributed by atoms with Crippen LogP contribution < -0.4 is 10.1 Å². The third-order valence-electron chi connectivity index (χ3n) is 5.10. The molecule has 0 fully saturated rings. The fourth-order valence-corrected chi connectivity index (χ4v) is 3.61. The Morgan fingerprint density at radius 1 is 1.19 bits per heavy atom. The van der Waals surface area contributed by atoms with E-state index < -0.39 is 31.0 Å². The minimum Gasteiger partial charge on any atom is -0.493 e. The number of fused-ring (bicyclic) bond motifs is 1. The SMILES string of the molecule is CCOC(=O)CCN(CCC(F)(F)F)C(=O)c1cc(OC)c2oc(NCc3cccc(Cl)c3)nc2c1. The lowest BCUT2D eigenvalue weighted by Gasteiger charge is -2.23. The van der Waals surface area contributed by atoms with Gasteiger partial charge in [0.1, 0.15) is 5.52 Å². The predicted octanol–water partition coefficient (Wildman–Crippen LogP) is 5.45. The van der Waals surface area contributed by atoms with Crippen molar-refractivity contribution in [2.24, 2.45) is 0 Å². The van der Waals surface area contributed by atoms with E-state index >= 15 is 0 Å². The lowest BCUT2D eigenvalue weighted by molar-refractivity contribution is -0.143. The normalized spacial score (nSPS) is 11.4. The Kier molecular flexibility index (Phi) is 9.03. The molecule has 12 heteroatoms. The zero-order chi connectivity index (χ0) is 26.3. The van der Waals surface area contributed by atoms with Gasteiger partial charge < -0.3 is 24.1 Å². The number of hydrogen-bond donors (Lipinski definition) is 1. The summed E-state index contributed by atoms with van der Waals surface area (Å²) in [5, 5.41) is 3.60. The molecule has 2 aromatic carbocycles. The van der Waals surface area contributed by atoms with Gasteiger partial charge in [-0.3, -0.25) is 9.59 Å². The van der Waals surface area contributed by atoms with Crippen molar-refractivity contribution in [1.82, 2.24) is 9.88 Å². The number of benzene rings is 2. The zero-order valence-electron chi connectivity index (χ0n) is 19.7. The number of nitrogens with one attached hydrogen (secondary N) is 1. The topological polar surface area (TPSA) is 93.9 Å². The molecule has 8 nitrogen and oxygen atoms in total. The molecule has 3 rings (SSSR count). The number of carbonyl (C=O) groups is 2. The number of rotatable bonds is 11. The minimum atomic E-state index is -4.47. The van der Waals surface area contributed by atoms with E-state index in [2.05, 4.69) is 10.3 Å². The van der Waals surface area contributed by atoms with Crippen molar-refractivity contribution >= 4 is 40.6 Å². The molecular weight excluding hydrogens is 503 g/mol. The van der Waals surface area contributed by atoms with Crippen LogP contribution in [-0.4, -0.2) is 54.7 Å². The van der Waals surface area contributed by atoms with Crippen molar-refractivity contribution in [3.8, 4) is 5.75 Å². The van der Waals surface area contributed by atoms with Gasteiger partial charge in [-0.05, 0) is 36.8 Å². The maximum Gasteiger partial charge on any atom is 0.390 e. The Morgan fingerprint density at radius 2 is 1.97 bits per heavy atom. The number of anilines is 1. The van der Waals surface area contributed by atoms with E-state index in [1.165, 1.54) is 19.2 Å². The number of oxazole rings is 1. The molecule has 0 saturated carbocycles.